The normalized spacial score (nSPS) is 11.8. The second-order valence-corrected chi connectivity index (χ2v) is 8.83. The van der Waals surface area contributed by atoms with Crippen molar-refractivity contribution in [3.63, 3.8) is 0 Å². The van der Waals surface area contributed by atoms with Crippen LogP contribution in [0.3, 0.4) is 0 Å². The average molecular weight is 566 g/mol. The van der Waals surface area contributed by atoms with Gasteiger partial charge in [-0.05, 0) is 48.4 Å². The molecule has 3 aromatic rings. The second kappa shape index (κ2) is 13.7. The van der Waals surface area contributed by atoms with Crippen molar-refractivity contribution in [1.29, 1.82) is 0 Å². The molecule has 2 heterocycles. The third kappa shape index (κ3) is 8.75. The SMILES string of the molecule is CCC(=O)NCCCn1c(-c2ccc(OC(F)(F)F)cc2)csc1=NC(=O)c1cccc(C(=O)NCCO)n1. The quantitative estimate of drug-likeness (QED) is 0.306. The maximum atomic E-state index is 12.9. The van der Waals surface area contributed by atoms with Crippen molar-refractivity contribution in [3.8, 4) is 17.0 Å². The first-order valence-corrected chi connectivity index (χ1v) is 12.8. The Balaban J connectivity index is 1.92. The van der Waals surface area contributed by atoms with Crippen LogP contribution in [-0.4, -0.2) is 58.4 Å². The van der Waals surface area contributed by atoms with E-state index in [1.807, 2.05) is 0 Å². The number of nitrogens with zero attached hydrogens (tertiary/aromatic N) is 3. The van der Waals surface area contributed by atoms with Gasteiger partial charge in [0.15, 0.2) is 4.80 Å². The topological polar surface area (TPSA) is 135 Å². The van der Waals surface area contributed by atoms with Crippen LogP contribution in [0.4, 0.5) is 13.2 Å². The highest BCUT2D eigenvalue weighted by Crippen LogP contribution is 2.27. The summed E-state index contributed by atoms with van der Waals surface area (Å²) in [6.45, 7) is 2.22. The lowest BCUT2D eigenvalue weighted by molar-refractivity contribution is -0.274. The molecule has 0 spiro atoms. The van der Waals surface area contributed by atoms with Crippen molar-refractivity contribution in [2.45, 2.75) is 32.7 Å². The summed E-state index contributed by atoms with van der Waals surface area (Å²) in [5, 5.41) is 15.8. The monoisotopic (exact) mass is 565 g/mol. The van der Waals surface area contributed by atoms with Crippen molar-refractivity contribution in [2.24, 2.45) is 4.99 Å². The van der Waals surface area contributed by atoms with Gasteiger partial charge in [-0.2, -0.15) is 4.99 Å². The number of benzene rings is 1. The first-order chi connectivity index (χ1) is 18.6. The molecule has 1 aromatic carbocycles. The van der Waals surface area contributed by atoms with E-state index in [9.17, 15) is 27.6 Å². The lowest BCUT2D eigenvalue weighted by Gasteiger charge is -2.12. The van der Waals surface area contributed by atoms with Crippen LogP contribution in [0.5, 0.6) is 5.75 Å². The molecule has 0 radical (unpaired) electrons. The van der Waals surface area contributed by atoms with Gasteiger partial charge in [0.05, 0.1) is 12.3 Å². The summed E-state index contributed by atoms with van der Waals surface area (Å²) < 4.78 is 43.3. The van der Waals surface area contributed by atoms with Gasteiger partial charge < -0.3 is 25.0 Å². The summed E-state index contributed by atoms with van der Waals surface area (Å²) >= 11 is 1.14. The molecule has 3 rings (SSSR count). The Hall–Kier alpha value is -4.04. The van der Waals surface area contributed by atoms with Crippen LogP contribution >= 0.6 is 11.3 Å². The fourth-order valence-electron chi connectivity index (χ4n) is 3.37. The number of pyridine rings is 1. The summed E-state index contributed by atoms with van der Waals surface area (Å²) in [6, 6.07) is 9.60. The van der Waals surface area contributed by atoms with Gasteiger partial charge in [0, 0.05) is 31.4 Å². The van der Waals surface area contributed by atoms with E-state index in [0.717, 1.165) is 11.3 Å². The van der Waals surface area contributed by atoms with Crippen molar-refractivity contribution in [2.75, 3.05) is 19.7 Å². The molecule has 10 nitrogen and oxygen atoms in total. The standard InChI is InChI=1S/C25H26F3N5O5S/c1-2-21(35)29-11-4-13-33-20(16-7-9-17(10-8-16)38-25(26,27)28)15-39-24(33)32-23(37)19-6-3-5-18(31-19)22(36)30-12-14-34/h3,5-10,15,34H,2,4,11-14H2,1H3,(H,29,35)(H,30,36). The zero-order valence-corrected chi connectivity index (χ0v) is 21.6. The van der Waals surface area contributed by atoms with Gasteiger partial charge in [-0.1, -0.05) is 13.0 Å². The fourth-order valence-corrected chi connectivity index (χ4v) is 4.30. The number of ether oxygens (including phenoxy) is 1. The maximum absolute atomic E-state index is 12.9. The molecule has 0 atom stereocenters. The minimum absolute atomic E-state index is 0.0166. The Morgan fingerprint density at radius 3 is 2.46 bits per heavy atom. The minimum atomic E-state index is -4.82. The number of thiazole rings is 1. The van der Waals surface area contributed by atoms with Crippen LogP contribution in [0, 0.1) is 0 Å². The van der Waals surface area contributed by atoms with Crippen LogP contribution < -0.4 is 20.2 Å². The zero-order chi connectivity index (χ0) is 28.4. The molecule has 0 bridgehead atoms. The molecular weight excluding hydrogens is 539 g/mol. The molecule has 2 aromatic heterocycles. The second-order valence-electron chi connectivity index (χ2n) is 7.99. The fraction of sp³-hybridized carbons (Fsp3) is 0.320. The van der Waals surface area contributed by atoms with Crippen molar-refractivity contribution < 1.29 is 37.4 Å². The van der Waals surface area contributed by atoms with Gasteiger partial charge >= 0.3 is 6.36 Å². The Morgan fingerprint density at radius 1 is 1.08 bits per heavy atom. The molecule has 0 aliphatic heterocycles. The third-order valence-corrected chi connectivity index (χ3v) is 6.04. The highest BCUT2D eigenvalue weighted by atomic mass is 32.1. The predicted octanol–water partition coefficient (Wildman–Crippen LogP) is 2.89. The van der Waals surface area contributed by atoms with E-state index < -0.39 is 18.2 Å². The number of rotatable bonds is 11. The molecule has 14 heteroatoms. The van der Waals surface area contributed by atoms with Gasteiger partial charge in [-0.3, -0.25) is 14.4 Å². The Kier molecular flexibility index (Phi) is 10.3. The number of nitrogens with one attached hydrogen (secondary N) is 2. The molecule has 0 fully saturated rings. The summed E-state index contributed by atoms with van der Waals surface area (Å²) in [7, 11) is 0. The molecule has 0 saturated heterocycles. The molecule has 0 saturated carbocycles. The summed E-state index contributed by atoms with van der Waals surface area (Å²) in [5.41, 5.74) is 1.07. The molecule has 208 valence electrons. The van der Waals surface area contributed by atoms with E-state index in [2.05, 4.69) is 25.3 Å². The molecule has 0 aliphatic rings. The number of aromatic nitrogens is 2. The van der Waals surface area contributed by atoms with Crippen LogP contribution in [0.1, 0.15) is 40.7 Å². The van der Waals surface area contributed by atoms with E-state index in [1.54, 1.807) is 16.9 Å². The molecule has 39 heavy (non-hydrogen) atoms. The molecule has 0 aliphatic carbocycles. The number of hydrogen-bond donors (Lipinski definition) is 3. The largest absolute Gasteiger partial charge is 0.573 e. The molecule has 3 amide bonds. The van der Waals surface area contributed by atoms with Gasteiger partial charge in [-0.15, -0.1) is 24.5 Å². The van der Waals surface area contributed by atoms with Crippen LogP contribution in [0.15, 0.2) is 52.8 Å². The predicted molar refractivity (Wildman–Crippen MR) is 136 cm³/mol. The van der Waals surface area contributed by atoms with E-state index in [-0.39, 0.29) is 36.2 Å². The number of halogens is 3. The Labute approximate surface area is 225 Å². The van der Waals surface area contributed by atoms with E-state index in [0.29, 0.717) is 42.0 Å². The lowest BCUT2D eigenvalue weighted by atomic mass is 10.1. The summed E-state index contributed by atoms with van der Waals surface area (Å²) in [6.07, 6.45) is -3.99. The summed E-state index contributed by atoms with van der Waals surface area (Å²) in [5.74, 6) is -1.74. The van der Waals surface area contributed by atoms with Crippen LogP contribution in [0.25, 0.3) is 11.3 Å². The van der Waals surface area contributed by atoms with E-state index in [4.69, 9.17) is 5.11 Å². The van der Waals surface area contributed by atoms with Crippen LogP contribution in [-0.2, 0) is 11.3 Å². The van der Waals surface area contributed by atoms with Gasteiger partial charge in [0.2, 0.25) is 5.91 Å². The number of amides is 3. The highest BCUT2D eigenvalue weighted by Gasteiger charge is 2.31. The van der Waals surface area contributed by atoms with E-state index >= 15 is 0 Å². The smallest absolute Gasteiger partial charge is 0.406 e. The minimum Gasteiger partial charge on any atom is -0.406 e. The van der Waals surface area contributed by atoms with Gasteiger partial charge in [0.1, 0.15) is 17.1 Å². The first kappa shape index (κ1) is 29.5. The Bertz CT molecular complexity index is 1370. The molecule has 3 N–H and O–H groups in total. The van der Waals surface area contributed by atoms with Gasteiger partial charge in [-0.25, -0.2) is 4.98 Å². The third-order valence-electron chi connectivity index (χ3n) is 5.18. The first-order valence-electron chi connectivity index (χ1n) is 11.9. The average Bonchev–Trinajstić information content (AvgIpc) is 3.31. The number of carbonyl (C=O) groups is 3. The maximum Gasteiger partial charge on any atom is 0.573 e. The summed E-state index contributed by atoms with van der Waals surface area (Å²) in [4.78, 5) is 45.2. The van der Waals surface area contributed by atoms with E-state index in [1.165, 1.54) is 42.5 Å². The van der Waals surface area contributed by atoms with Crippen LogP contribution in [0.2, 0.25) is 0 Å². The number of aliphatic hydroxyl groups is 1. The number of carbonyl (C=O) groups excluding carboxylic acids is 3. The number of hydrogen-bond acceptors (Lipinski definition) is 7. The van der Waals surface area contributed by atoms with Crippen molar-refractivity contribution in [1.82, 2.24) is 20.2 Å². The number of alkyl halides is 3. The Morgan fingerprint density at radius 2 is 1.79 bits per heavy atom. The lowest BCUT2D eigenvalue weighted by Crippen LogP contribution is -2.27. The molecule has 0 unspecified atom stereocenters. The highest BCUT2D eigenvalue weighted by molar-refractivity contribution is 7.07. The zero-order valence-electron chi connectivity index (χ0n) is 20.8. The van der Waals surface area contributed by atoms with Crippen molar-refractivity contribution >= 4 is 29.1 Å². The molecular formula is C25H26F3N5O5S. The van der Waals surface area contributed by atoms with Crippen molar-refractivity contribution in [3.05, 3.63) is 64.0 Å². The number of aliphatic hydroxyl groups excluding tert-OH is 1. The van der Waals surface area contributed by atoms with Gasteiger partial charge in [0.25, 0.3) is 11.8 Å².